The number of hydrogen-bond donors (Lipinski definition) is 2. The van der Waals surface area contributed by atoms with Gasteiger partial charge < -0.3 is 10.1 Å². The molecule has 1 aromatic heterocycles. The van der Waals surface area contributed by atoms with Gasteiger partial charge >= 0.3 is 6.61 Å². The molecule has 1 aliphatic rings. The first-order valence-corrected chi connectivity index (χ1v) is 5.51. The third-order valence-corrected chi connectivity index (χ3v) is 2.47. The van der Waals surface area contributed by atoms with Gasteiger partial charge in [0.2, 0.25) is 11.8 Å². The zero-order valence-electron chi connectivity index (χ0n) is 9.93. The summed E-state index contributed by atoms with van der Waals surface area (Å²) in [7, 11) is 0. The van der Waals surface area contributed by atoms with Crippen LogP contribution in [0.15, 0.2) is 18.3 Å². The molecule has 2 rings (SSSR count). The Morgan fingerprint density at radius 3 is 2.70 bits per heavy atom. The molecule has 9 heteroatoms. The molecule has 0 aromatic carbocycles. The number of halogens is 2. The number of imide groups is 1. The van der Waals surface area contributed by atoms with Crippen LogP contribution in [-0.4, -0.2) is 35.4 Å². The van der Waals surface area contributed by atoms with Crippen molar-refractivity contribution in [2.24, 2.45) is 0 Å². The Morgan fingerprint density at radius 1 is 1.45 bits per heavy atom. The number of carbonyl (C=O) groups excluding carboxylic acids is 3. The van der Waals surface area contributed by atoms with Crippen LogP contribution in [0.5, 0.6) is 5.75 Å². The number of pyridine rings is 1. The van der Waals surface area contributed by atoms with E-state index in [1.54, 1.807) is 0 Å². The first kappa shape index (κ1) is 13.8. The fourth-order valence-electron chi connectivity index (χ4n) is 1.59. The highest BCUT2D eigenvalue weighted by molar-refractivity contribution is 6.07. The molecule has 1 aliphatic heterocycles. The van der Waals surface area contributed by atoms with Crippen LogP contribution in [0.25, 0.3) is 0 Å². The van der Waals surface area contributed by atoms with Gasteiger partial charge in [0.1, 0.15) is 17.5 Å². The predicted molar refractivity (Wildman–Crippen MR) is 59.9 cm³/mol. The van der Waals surface area contributed by atoms with E-state index in [1.165, 1.54) is 6.07 Å². The summed E-state index contributed by atoms with van der Waals surface area (Å²) in [4.78, 5) is 37.6. The Bertz CT molecular complexity index is 547. The Balaban J connectivity index is 1.99. The summed E-state index contributed by atoms with van der Waals surface area (Å²) in [6.07, 6.45) is 0.818. The van der Waals surface area contributed by atoms with Crippen LogP contribution in [0.2, 0.25) is 0 Å². The van der Waals surface area contributed by atoms with Crippen molar-refractivity contribution in [1.82, 2.24) is 15.6 Å². The van der Waals surface area contributed by atoms with Gasteiger partial charge in [-0.15, -0.1) is 0 Å². The monoisotopic (exact) mass is 285 g/mol. The molecule has 1 saturated heterocycles. The van der Waals surface area contributed by atoms with E-state index in [1.807, 2.05) is 5.32 Å². The molecule has 20 heavy (non-hydrogen) atoms. The molecule has 0 spiro atoms. The molecule has 2 N–H and O–H groups in total. The van der Waals surface area contributed by atoms with Crippen LogP contribution in [0, 0.1) is 0 Å². The van der Waals surface area contributed by atoms with E-state index in [9.17, 15) is 23.2 Å². The molecular formula is C11H9F2N3O4. The lowest BCUT2D eigenvalue weighted by atomic mass is 10.2. The minimum absolute atomic E-state index is 0.0845. The molecule has 0 radical (unpaired) electrons. The van der Waals surface area contributed by atoms with Crippen molar-refractivity contribution in [2.45, 2.75) is 19.1 Å². The first-order valence-electron chi connectivity index (χ1n) is 5.51. The smallest absolute Gasteiger partial charge is 0.387 e. The summed E-state index contributed by atoms with van der Waals surface area (Å²) in [5, 5.41) is 4.35. The van der Waals surface area contributed by atoms with Gasteiger partial charge in [-0.2, -0.15) is 8.78 Å². The first-order chi connectivity index (χ1) is 9.45. The average Bonchev–Trinajstić information content (AvgIpc) is 2.68. The quantitative estimate of drug-likeness (QED) is 0.748. The topological polar surface area (TPSA) is 97.4 Å². The van der Waals surface area contributed by atoms with Gasteiger partial charge in [0.15, 0.2) is 0 Å². The van der Waals surface area contributed by atoms with Crippen LogP contribution in [-0.2, 0) is 9.59 Å². The van der Waals surface area contributed by atoms with Crippen molar-refractivity contribution in [3.05, 3.63) is 24.0 Å². The zero-order valence-corrected chi connectivity index (χ0v) is 9.93. The molecule has 1 unspecified atom stereocenters. The highest BCUT2D eigenvalue weighted by Gasteiger charge is 2.32. The number of ether oxygens (including phenoxy) is 1. The maximum Gasteiger partial charge on any atom is 0.387 e. The number of nitrogens with one attached hydrogen (secondary N) is 2. The lowest BCUT2D eigenvalue weighted by molar-refractivity contribution is -0.125. The van der Waals surface area contributed by atoms with E-state index >= 15 is 0 Å². The second kappa shape index (κ2) is 5.59. The van der Waals surface area contributed by atoms with Gasteiger partial charge in [0.05, 0.1) is 12.6 Å². The molecular weight excluding hydrogens is 276 g/mol. The predicted octanol–water partition coefficient (Wildman–Crippen LogP) is -0.172. The average molecular weight is 285 g/mol. The van der Waals surface area contributed by atoms with E-state index in [4.69, 9.17) is 0 Å². The molecule has 3 amide bonds. The van der Waals surface area contributed by atoms with Crippen molar-refractivity contribution < 1.29 is 27.9 Å². The van der Waals surface area contributed by atoms with Gasteiger partial charge in [0.25, 0.3) is 5.91 Å². The van der Waals surface area contributed by atoms with Crippen LogP contribution >= 0.6 is 0 Å². The van der Waals surface area contributed by atoms with E-state index in [-0.39, 0.29) is 17.9 Å². The van der Waals surface area contributed by atoms with E-state index in [0.717, 1.165) is 12.3 Å². The lowest BCUT2D eigenvalue weighted by Gasteiger charge is -2.09. The van der Waals surface area contributed by atoms with Gasteiger partial charge in [0, 0.05) is 0 Å². The van der Waals surface area contributed by atoms with Crippen LogP contribution in [0.4, 0.5) is 8.78 Å². The number of carbonyl (C=O) groups is 3. The minimum atomic E-state index is -2.98. The largest absolute Gasteiger partial charge is 0.433 e. The summed E-state index contributed by atoms with van der Waals surface area (Å²) >= 11 is 0. The minimum Gasteiger partial charge on any atom is -0.433 e. The fraction of sp³-hybridized carbons (Fsp3) is 0.273. The highest BCUT2D eigenvalue weighted by atomic mass is 19.3. The SMILES string of the molecule is O=C1CC(NC(=O)c2ccc(OC(F)F)cn2)C(=O)N1. The number of aromatic nitrogens is 1. The zero-order chi connectivity index (χ0) is 14.7. The Kier molecular flexibility index (Phi) is 3.87. The number of rotatable bonds is 4. The van der Waals surface area contributed by atoms with Gasteiger partial charge in [-0.25, -0.2) is 4.98 Å². The third-order valence-electron chi connectivity index (χ3n) is 2.47. The molecule has 2 heterocycles. The maximum absolute atomic E-state index is 11.9. The summed E-state index contributed by atoms with van der Waals surface area (Å²) in [6, 6.07) is 1.36. The van der Waals surface area contributed by atoms with Crippen molar-refractivity contribution in [3.63, 3.8) is 0 Å². The van der Waals surface area contributed by atoms with Gasteiger partial charge in [-0.05, 0) is 12.1 Å². The second-order valence-corrected chi connectivity index (χ2v) is 3.90. The Labute approximate surface area is 111 Å². The number of amides is 3. The Hall–Kier alpha value is -2.58. The molecule has 0 saturated carbocycles. The summed E-state index contributed by atoms with van der Waals surface area (Å²) < 4.78 is 27.9. The van der Waals surface area contributed by atoms with Crippen molar-refractivity contribution in [2.75, 3.05) is 0 Å². The number of nitrogens with zero attached hydrogens (tertiary/aromatic N) is 1. The summed E-state index contributed by atoms with van der Waals surface area (Å²) in [6.45, 7) is -2.98. The lowest BCUT2D eigenvalue weighted by Crippen LogP contribution is -2.40. The third kappa shape index (κ3) is 3.25. The van der Waals surface area contributed by atoms with Crippen LogP contribution < -0.4 is 15.4 Å². The summed E-state index contributed by atoms with van der Waals surface area (Å²) in [5.74, 6) is -1.95. The van der Waals surface area contributed by atoms with Gasteiger partial charge in [-0.3, -0.25) is 19.7 Å². The van der Waals surface area contributed by atoms with Crippen LogP contribution in [0.1, 0.15) is 16.9 Å². The van der Waals surface area contributed by atoms with Gasteiger partial charge in [-0.1, -0.05) is 0 Å². The molecule has 0 aliphatic carbocycles. The normalized spacial score (nSPS) is 18.1. The second-order valence-electron chi connectivity index (χ2n) is 3.90. The standard InChI is InChI=1S/C11H9F2N3O4/c12-11(13)20-5-1-2-6(14-4-5)9(18)15-7-3-8(17)16-10(7)19/h1-2,4,7,11H,3H2,(H,15,18)(H,16,17,19). The Morgan fingerprint density at radius 2 is 2.20 bits per heavy atom. The maximum atomic E-state index is 11.9. The molecule has 1 aromatic rings. The van der Waals surface area contributed by atoms with Crippen molar-refractivity contribution in [1.29, 1.82) is 0 Å². The molecule has 7 nitrogen and oxygen atoms in total. The number of hydrogen-bond acceptors (Lipinski definition) is 5. The molecule has 0 bridgehead atoms. The van der Waals surface area contributed by atoms with Crippen molar-refractivity contribution in [3.8, 4) is 5.75 Å². The number of alkyl halides is 2. The summed E-state index contributed by atoms with van der Waals surface area (Å²) in [5.41, 5.74) is -0.0845. The van der Waals surface area contributed by atoms with Crippen LogP contribution in [0.3, 0.4) is 0 Å². The molecule has 1 atom stereocenters. The van der Waals surface area contributed by atoms with E-state index in [2.05, 4.69) is 15.0 Å². The highest BCUT2D eigenvalue weighted by Crippen LogP contribution is 2.12. The molecule has 106 valence electrons. The van der Waals surface area contributed by atoms with E-state index < -0.39 is 30.4 Å². The fourth-order valence-corrected chi connectivity index (χ4v) is 1.59. The van der Waals surface area contributed by atoms with Crippen molar-refractivity contribution >= 4 is 17.7 Å². The van der Waals surface area contributed by atoms with E-state index in [0.29, 0.717) is 0 Å². The molecule has 1 fully saturated rings.